The van der Waals surface area contributed by atoms with Gasteiger partial charge in [-0.15, -0.1) is 0 Å². The maximum absolute atomic E-state index is 3.58. The molecule has 56 valence electrons. The molecule has 9 heavy (non-hydrogen) atoms. The summed E-state index contributed by atoms with van der Waals surface area (Å²) in [6.45, 7) is 9.34. The molecule has 0 saturated carbocycles. The van der Waals surface area contributed by atoms with Gasteiger partial charge in [-0.2, -0.15) is 0 Å². The van der Waals surface area contributed by atoms with Gasteiger partial charge in [0, 0.05) is 0 Å². The average molecular weight is 161 g/mol. The normalized spacial score (nSPS) is 12.3. The highest BCUT2D eigenvalue weighted by molar-refractivity contribution is 6.64. The maximum atomic E-state index is 3.58. The Morgan fingerprint density at radius 3 is 1.44 bits per heavy atom. The lowest BCUT2D eigenvalue weighted by Crippen LogP contribution is -2.37. The molecule has 0 aromatic heterocycles. The van der Waals surface area contributed by atoms with Crippen LogP contribution < -0.4 is 4.65 Å². The molecule has 0 radical (unpaired) electrons. The molecule has 0 aromatic rings. The quantitative estimate of drug-likeness (QED) is 0.591. The second-order valence-electron chi connectivity index (χ2n) is 3.30. The van der Waals surface area contributed by atoms with Crippen LogP contribution in [0.4, 0.5) is 0 Å². The van der Waals surface area contributed by atoms with E-state index in [0.717, 1.165) is 11.1 Å². The van der Waals surface area contributed by atoms with E-state index in [-0.39, 0.29) is 0 Å². The minimum absolute atomic E-state index is 0.548. The second kappa shape index (κ2) is 4.25. The molecule has 3 heteroatoms. The van der Waals surface area contributed by atoms with E-state index in [9.17, 15) is 0 Å². The van der Waals surface area contributed by atoms with Crippen molar-refractivity contribution in [3.8, 4) is 0 Å². The van der Waals surface area contributed by atoms with Crippen molar-refractivity contribution >= 4 is 19.4 Å². The average Bonchev–Trinajstić information content (AvgIpc) is 1.64. The molecule has 0 aliphatic rings. The number of hydrogen-bond donors (Lipinski definition) is 1. The number of rotatable bonds is 3. The van der Waals surface area contributed by atoms with Gasteiger partial charge in [0.15, 0.2) is 0 Å². The molecular weight excluding hydrogens is 142 g/mol. The maximum Gasteiger partial charge on any atom is 0.106 e. The van der Waals surface area contributed by atoms with Crippen LogP contribution >= 0.6 is 0 Å². The molecule has 0 aliphatic carbocycles. The highest BCUT2D eigenvalue weighted by atomic mass is 28.3. The molecule has 0 spiro atoms. The summed E-state index contributed by atoms with van der Waals surface area (Å²) in [4.78, 5) is 0. The van der Waals surface area contributed by atoms with Gasteiger partial charge in [-0.25, -0.2) is 0 Å². The standard InChI is InChI=1S/C6H19NSi2/c1-5(2)9(7-8)6(3)4/h5-7,9H,1-4,8H3. The van der Waals surface area contributed by atoms with Crippen molar-refractivity contribution in [2.75, 3.05) is 0 Å². The summed E-state index contributed by atoms with van der Waals surface area (Å²) in [5.74, 6) is 0. The first kappa shape index (κ1) is 9.39. The van der Waals surface area contributed by atoms with Crippen molar-refractivity contribution in [3.05, 3.63) is 0 Å². The zero-order valence-electron chi connectivity index (χ0n) is 7.23. The van der Waals surface area contributed by atoms with Crippen molar-refractivity contribution < 1.29 is 0 Å². The number of nitrogens with one attached hydrogen (secondary N) is 1. The predicted molar refractivity (Wildman–Crippen MR) is 50.4 cm³/mol. The molecule has 0 rings (SSSR count). The lowest BCUT2D eigenvalue weighted by Gasteiger charge is -2.21. The fraction of sp³-hybridized carbons (Fsp3) is 1.00. The third kappa shape index (κ3) is 3.18. The van der Waals surface area contributed by atoms with Gasteiger partial charge in [-0.3, -0.25) is 0 Å². The van der Waals surface area contributed by atoms with Crippen LogP contribution in [0.2, 0.25) is 11.1 Å². The van der Waals surface area contributed by atoms with Crippen LogP contribution in [-0.2, 0) is 0 Å². The Kier molecular flexibility index (Phi) is 4.43. The van der Waals surface area contributed by atoms with Gasteiger partial charge in [0.25, 0.3) is 0 Å². The Labute approximate surface area is 63.4 Å². The lowest BCUT2D eigenvalue weighted by atomic mass is 10.5. The molecule has 0 aromatic carbocycles. The first-order valence-corrected chi connectivity index (χ1v) is 6.68. The highest BCUT2D eigenvalue weighted by Gasteiger charge is 2.15. The molecule has 0 aliphatic heterocycles. The minimum Gasteiger partial charge on any atom is -0.369 e. The van der Waals surface area contributed by atoms with Crippen molar-refractivity contribution in [1.29, 1.82) is 0 Å². The van der Waals surface area contributed by atoms with E-state index in [0.29, 0.717) is 0 Å². The van der Waals surface area contributed by atoms with Crippen molar-refractivity contribution in [2.24, 2.45) is 0 Å². The molecule has 1 N–H and O–H groups in total. The molecule has 1 nitrogen and oxygen atoms in total. The molecule has 0 atom stereocenters. The van der Waals surface area contributed by atoms with Crippen LogP contribution in [-0.4, -0.2) is 19.4 Å². The SMILES string of the molecule is CC(C)[SiH](N[SiH3])C(C)C. The fourth-order valence-corrected chi connectivity index (χ4v) is 8.31. The van der Waals surface area contributed by atoms with Crippen LogP contribution in [0.5, 0.6) is 0 Å². The Hall–Kier alpha value is 0.394. The fourth-order valence-electron chi connectivity index (χ4n) is 1.44. The van der Waals surface area contributed by atoms with Crippen molar-refractivity contribution in [1.82, 2.24) is 4.65 Å². The summed E-state index contributed by atoms with van der Waals surface area (Å²) in [6.07, 6.45) is 0. The summed E-state index contributed by atoms with van der Waals surface area (Å²) < 4.78 is 3.58. The smallest absolute Gasteiger partial charge is 0.106 e. The van der Waals surface area contributed by atoms with Crippen molar-refractivity contribution in [2.45, 2.75) is 38.8 Å². The number of hydrogen-bond acceptors (Lipinski definition) is 1. The molecule has 0 amide bonds. The first-order chi connectivity index (χ1) is 4.09. The van der Waals surface area contributed by atoms with Crippen LogP contribution in [0.15, 0.2) is 0 Å². The lowest BCUT2D eigenvalue weighted by molar-refractivity contribution is 0.918. The van der Waals surface area contributed by atoms with Gasteiger partial charge in [0.05, 0.1) is 10.4 Å². The van der Waals surface area contributed by atoms with Gasteiger partial charge in [-0.05, 0) is 11.1 Å². The molecular formula is C6H19NSi2. The van der Waals surface area contributed by atoms with E-state index in [1.54, 1.807) is 0 Å². The summed E-state index contributed by atoms with van der Waals surface area (Å²) in [5, 5.41) is 0. The summed E-state index contributed by atoms with van der Waals surface area (Å²) in [7, 11) is 0.632. The van der Waals surface area contributed by atoms with Gasteiger partial charge in [0.2, 0.25) is 0 Å². The third-order valence-electron chi connectivity index (χ3n) is 1.77. The highest BCUT2D eigenvalue weighted by Crippen LogP contribution is 2.16. The Balaban J connectivity index is 3.68. The summed E-state index contributed by atoms with van der Waals surface area (Å²) >= 11 is 0. The zero-order valence-corrected chi connectivity index (χ0v) is 10.4. The molecule has 0 unspecified atom stereocenters. The molecule has 0 heterocycles. The monoisotopic (exact) mass is 161 g/mol. The molecule has 0 bridgehead atoms. The Morgan fingerprint density at radius 2 is 1.44 bits per heavy atom. The Bertz CT molecular complexity index is 65.5. The second-order valence-corrected chi connectivity index (χ2v) is 9.33. The Morgan fingerprint density at radius 1 is 1.11 bits per heavy atom. The van der Waals surface area contributed by atoms with E-state index in [1.807, 2.05) is 0 Å². The predicted octanol–water partition coefficient (Wildman–Crippen LogP) is 0.400. The van der Waals surface area contributed by atoms with Crippen molar-refractivity contribution in [3.63, 3.8) is 0 Å². The van der Waals surface area contributed by atoms with E-state index in [1.165, 1.54) is 10.4 Å². The summed E-state index contributed by atoms with van der Waals surface area (Å²) in [5.41, 5.74) is 1.84. The minimum atomic E-state index is -0.548. The molecule has 0 saturated heterocycles. The van der Waals surface area contributed by atoms with Gasteiger partial charge >= 0.3 is 0 Å². The largest absolute Gasteiger partial charge is 0.369 e. The summed E-state index contributed by atoms with van der Waals surface area (Å²) in [6, 6.07) is 0. The van der Waals surface area contributed by atoms with Crippen LogP contribution in [0.1, 0.15) is 27.7 Å². The topological polar surface area (TPSA) is 12.0 Å². The van der Waals surface area contributed by atoms with E-state index in [4.69, 9.17) is 0 Å². The zero-order chi connectivity index (χ0) is 7.44. The van der Waals surface area contributed by atoms with E-state index >= 15 is 0 Å². The van der Waals surface area contributed by atoms with Gasteiger partial charge in [-0.1, -0.05) is 27.7 Å². The van der Waals surface area contributed by atoms with Gasteiger partial charge < -0.3 is 4.65 Å². The van der Waals surface area contributed by atoms with Gasteiger partial charge in [0.1, 0.15) is 8.96 Å². The van der Waals surface area contributed by atoms with Crippen LogP contribution in [0.25, 0.3) is 0 Å². The van der Waals surface area contributed by atoms with Crippen LogP contribution in [0.3, 0.4) is 0 Å². The molecule has 0 fully saturated rings. The van der Waals surface area contributed by atoms with E-state index in [2.05, 4.69) is 32.3 Å². The third-order valence-corrected chi connectivity index (χ3v) is 7.31. The van der Waals surface area contributed by atoms with E-state index < -0.39 is 8.96 Å². The first-order valence-electron chi connectivity index (χ1n) is 3.76. The van der Waals surface area contributed by atoms with Crippen LogP contribution in [0, 0.1) is 0 Å².